The van der Waals surface area contributed by atoms with Crippen LogP contribution in [0.3, 0.4) is 0 Å². The van der Waals surface area contributed by atoms with E-state index in [-0.39, 0.29) is 39.4 Å². The number of nitrogen functional groups attached to an aromatic ring is 1. The van der Waals surface area contributed by atoms with E-state index in [9.17, 15) is 20.0 Å². The van der Waals surface area contributed by atoms with E-state index in [2.05, 4.69) is 21.7 Å². The van der Waals surface area contributed by atoms with Gasteiger partial charge in [0.25, 0.3) is 0 Å². The van der Waals surface area contributed by atoms with Crippen LogP contribution in [0.1, 0.15) is 43.0 Å². The fourth-order valence-corrected chi connectivity index (χ4v) is 4.23. The Bertz CT molecular complexity index is 1570. The van der Waals surface area contributed by atoms with Crippen molar-refractivity contribution < 1.29 is 14.7 Å². The summed E-state index contributed by atoms with van der Waals surface area (Å²) in [6.07, 6.45) is 0. The molecule has 0 bridgehead atoms. The van der Waals surface area contributed by atoms with E-state index in [1.807, 2.05) is 30.3 Å². The maximum absolute atomic E-state index is 13.4. The van der Waals surface area contributed by atoms with E-state index in [0.717, 1.165) is 5.69 Å². The first-order chi connectivity index (χ1) is 16.9. The fraction of sp³-hybridized carbons (Fsp3) is 0.0370. The minimum Gasteiger partial charge on any atom is -0.507 e. The maximum atomic E-state index is 13.4. The SMILES string of the molecule is Cc1c(C#N)c(N)nc(Nc2ccccc2)c1Nc1cccc2c1C(=O)c1cccc(O)c1C2=O. The first-order valence-corrected chi connectivity index (χ1v) is 10.7. The number of rotatable bonds is 4. The van der Waals surface area contributed by atoms with Crippen LogP contribution in [-0.2, 0) is 0 Å². The lowest BCUT2D eigenvalue weighted by Gasteiger charge is -2.23. The van der Waals surface area contributed by atoms with Crippen LogP contribution in [0.5, 0.6) is 5.75 Å². The van der Waals surface area contributed by atoms with Crippen molar-refractivity contribution in [1.82, 2.24) is 4.98 Å². The third-order valence-corrected chi connectivity index (χ3v) is 5.93. The van der Waals surface area contributed by atoms with Gasteiger partial charge in [-0.25, -0.2) is 4.98 Å². The lowest BCUT2D eigenvalue weighted by atomic mass is 9.82. The second-order valence-electron chi connectivity index (χ2n) is 8.03. The summed E-state index contributed by atoms with van der Waals surface area (Å²) in [7, 11) is 0. The number of aromatic hydroxyl groups is 1. The number of nitrogens with zero attached hydrogens (tertiary/aromatic N) is 2. The number of pyridine rings is 1. The molecule has 0 aliphatic heterocycles. The molecule has 5 N–H and O–H groups in total. The molecule has 0 saturated heterocycles. The second-order valence-corrected chi connectivity index (χ2v) is 8.03. The van der Waals surface area contributed by atoms with Crippen molar-refractivity contribution in [3.05, 3.63) is 100 Å². The number of phenols is 1. The lowest BCUT2D eigenvalue weighted by molar-refractivity contribution is 0.0977. The zero-order valence-electron chi connectivity index (χ0n) is 18.6. The van der Waals surface area contributed by atoms with Gasteiger partial charge in [0.2, 0.25) is 0 Å². The Kier molecular flexibility index (Phi) is 5.15. The Hall–Kier alpha value is -5.16. The van der Waals surface area contributed by atoms with E-state index in [1.165, 1.54) is 18.2 Å². The van der Waals surface area contributed by atoms with Gasteiger partial charge >= 0.3 is 0 Å². The Morgan fingerprint density at radius 1 is 0.886 bits per heavy atom. The summed E-state index contributed by atoms with van der Waals surface area (Å²) in [6.45, 7) is 1.73. The van der Waals surface area contributed by atoms with Crippen LogP contribution < -0.4 is 16.4 Å². The molecule has 0 unspecified atom stereocenters. The number of carbonyl (C=O) groups is 2. The summed E-state index contributed by atoms with van der Waals surface area (Å²) >= 11 is 0. The number of hydrogen-bond donors (Lipinski definition) is 4. The molecule has 1 aliphatic carbocycles. The van der Waals surface area contributed by atoms with Gasteiger partial charge in [0.15, 0.2) is 17.4 Å². The highest BCUT2D eigenvalue weighted by molar-refractivity contribution is 6.31. The summed E-state index contributed by atoms with van der Waals surface area (Å²) in [5, 5.41) is 26.3. The van der Waals surface area contributed by atoms with Gasteiger partial charge in [0, 0.05) is 16.8 Å². The third kappa shape index (κ3) is 3.52. The average Bonchev–Trinajstić information content (AvgIpc) is 2.85. The predicted octanol–water partition coefficient (Wildman–Crippen LogP) is 4.81. The van der Waals surface area contributed by atoms with Crippen LogP contribution in [0.2, 0.25) is 0 Å². The number of carbonyl (C=O) groups excluding carboxylic acids is 2. The number of phenolic OH excluding ortho intramolecular Hbond substituents is 1. The van der Waals surface area contributed by atoms with Gasteiger partial charge in [0.1, 0.15) is 17.6 Å². The van der Waals surface area contributed by atoms with Crippen LogP contribution in [0, 0.1) is 18.3 Å². The molecule has 1 heterocycles. The highest BCUT2D eigenvalue weighted by Gasteiger charge is 2.34. The Balaban J connectivity index is 1.66. The van der Waals surface area contributed by atoms with Crippen molar-refractivity contribution in [3.63, 3.8) is 0 Å². The normalized spacial score (nSPS) is 11.9. The van der Waals surface area contributed by atoms with Gasteiger partial charge in [0.05, 0.1) is 28.1 Å². The molecule has 0 fully saturated rings. The van der Waals surface area contributed by atoms with Crippen molar-refractivity contribution in [2.75, 3.05) is 16.4 Å². The van der Waals surface area contributed by atoms with Crippen molar-refractivity contribution in [1.29, 1.82) is 5.26 Å². The van der Waals surface area contributed by atoms with Crippen LogP contribution in [-0.4, -0.2) is 21.7 Å². The standard InChI is InChI=1S/C27H19N5O3/c1-14-18(13-28)26(29)32-27(30-15-7-3-2-4-8-15)23(14)31-19-11-5-9-16-21(19)24(34)17-10-6-12-20(33)22(17)25(16)35/h2-12,31,33H,1H3,(H3,29,30,32). The average molecular weight is 461 g/mol. The molecule has 1 aromatic heterocycles. The molecular formula is C27H19N5O3. The molecule has 170 valence electrons. The smallest absolute Gasteiger partial charge is 0.198 e. The van der Waals surface area contributed by atoms with Gasteiger partial charge in [-0.1, -0.05) is 42.5 Å². The first-order valence-electron chi connectivity index (χ1n) is 10.7. The second kappa shape index (κ2) is 8.32. The van der Waals surface area contributed by atoms with E-state index >= 15 is 0 Å². The Labute approximate surface area is 200 Å². The number of aromatic nitrogens is 1. The summed E-state index contributed by atoms with van der Waals surface area (Å²) < 4.78 is 0. The molecule has 0 saturated carbocycles. The predicted molar refractivity (Wildman–Crippen MR) is 133 cm³/mol. The largest absolute Gasteiger partial charge is 0.507 e. The molecule has 4 aromatic rings. The van der Waals surface area contributed by atoms with E-state index in [1.54, 1.807) is 25.1 Å². The van der Waals surface area contributed by atoms with Crippen molar-refractivity contribution in [2.24, 2.45) is 0 Å². The minimum atomic E-state index is -0.441. The maximum Gasteiger partial charge on any atom is 0.198 e. The van der Waals surface area contributed by atoms with Crippen LogP contribution in [0.15, 0.2) is 66.7 Å². The number of nitrogens with one attached hydrogen (secondary N) is 2. The number of nitrogens with two attached hydrogens (primary N) is 1. The molecular weight excluding hydrogens is 442 g/mol. The van der Waals surface area contributed by atoms with Crippen molar-refractivity contribution >= 4 is 40.3 Å². The van der Waals surface area contributed by atoms with Crippen LogP contribution >= 0.6 is 0 Å². The quantitative estimate of drug-likeness (QED) is 0.299. The van der Waals surface area contributed by atoms with Crippen molar-refractivity contribution in [3.8, 4) is 11.8 Å². The number of fused-ring (bicyclic) bond motifs is 2. The number of para-hydroxylation sites is 1. The molecule has 3 aromatic carbocycles. The molecule has 0 amide bonds. The molecule has 0 atom stereocenters. The molecule has 35 heavy (non-hydrogen) atoms. The van der Waals surface area contributed by atoms with Crippen LogP contribution in [0.25, 0.3) is 0 Å². The first kappa shape index (κ1) is 21.7. The zero-order chi connectivity index (χ0) is 24.7. The highest BCUT2D eigenvalue weighted by atomic mass is 16.3. The van der Waals surface area contributed by atoms with Crippen LogP contribution in [0.4, 0.5) is 28.7 Å². The molecule has 8 nitrogen and oxygen atoms in total. The van der Waals surface area contributed by atoms with E-state index in [0.29, 0.717) is 22.8 Å². The molecule has 0 spiro atoms. The van der Waals surface area contributed by atoms with Gasteiger partial charge in [-0.05, 0) is 36.8 Å². The Morgan fingerprint density at radius 2 is 1.54 bits per heavy atom. The molecule has 8 heteroatoms. The molecule has 1 aliphatic rings. The summed E-state index contributed by atoms with van der Waals surface area (Å²) in [6, 6.07) is 20.7. The monoisotopic (exact) mass is 461 g/mol. The minimum absolute atomic E-state index is 0.00863. The zero-order valence-corrected chi connectivity index (χ0v) is 18.6. The number of ketones is 2. The number of anilines is 5. The van der Waals surface area contributed by atoms with Gasteiger partial charge < -0.3 is 21.5 Å². The summed E-state index contributed by atoms with van der Waals surface area (Å²) in [5.41, 5.74) is 8.80. The van der Waals surface area contributed by atoms with Gasteiger partial charge in [-0.15, -0.1) is 0 Å². The van der Waals surface area contributed by atoms with E-state index < -0.39 is 11.6 Å². The van der Waals surface area contributed by atoms with E-state index in [4.69, 9.17) is 5.73 Å². The summed E-state index contributed by atoms with van der Waals surface area (Å²) in [4.78, 5) is 31.0. The number of hydrogen-bond acceptors (Lipinski definition) is 8. The van der Waals surface area contributed by atoms with Gasteiger partial charge in [-0.2, -0.15) is 5.26 Å². The fourth-order valence-electron chi connectivity index (χ4n) is 4.23. The van der Waals surface area contributed by atoms with Gasteiger partial charge in [-0.3, -0.25) is 9.59 Å². The lowest BCUT2D eigenvalue weighted by Crippen LogP contribution is -2.22. The molecule has 0 radical (unpaired) electrons. The summed E-state index contributed by atoms with van der Waals surface area (Å²) in [5.74, 6) is -0.650. The Morgan fingerprint density at radius 3 is 2.26 bits per heavy atom. The third-order valence-electron chi connectivity index (χ3n) is 5.93. The molecule has 5 rings (SSSR count). The van der Waals surface area contributed by atoms with Crippen molar-refractivity contribution in [2.45, 2.75) is 6.92 Å². The number of nitriles is 1. The topological polar surface area (TPSA) is 141 Å². The highest BCUT2D eigenvalue weighted by Crippen LogP contribution is 2.39. The number of benzene rings is 3.